The topological polar surface area (TPSA) is 88.5 Å². The molecule has 5 rings (SSSR count). The summed E-state index contributed by atoms with van der Waals surface area (Å²) >= 11 is 0. The maximum atomic E-state index is 12.9. The molecule has 2 N–H and O–H groups in total. The molecule has 148 valence electrons. The molecule has 0 atom stereocenters. The van der Waals surface area contributed by atoms with Crippen LogP contribution in [0.15, 0.2) is 67.0 Å². The summed E-state index contributed by atoms with van der Waals surface area (Å²) in [5, 5.41) is 12.6. The summed E-state index contributed by atoms with van der Waals surface area (Å²) < 4.78 is 1.67. The van der Waals surface area contributed by atoms with Crippen molar-refractivity contribution in [3.63, 3.8) is 0 Å². The van der Waals surface area contributed by atoms with E-state index in [2.05, 4.69) is 37.7 Å². The van der Waals surface area contributed by atoms with Crippen molar-refractivity contribution >= 4 is 28.0 Å². The quantitative estimate of drug-likeness (QED) is 0.475. The second kappa shape index (κ2) is 7.44. The van der Waals surface area contributed by atoms with Crippen molar-refractivity contribution < 1.29 is 4.79 Å². The van der Waals surface area contributed by atoms with Gasteiger partial charge >= 0.3 is 0 Å². The van der Waals surface area contributed by atoms with Gasteiger partial charge in [-0.25, -0.2) is 4.98 Å². The fourth-order valence-electron chi connectivity index (χ4n) is 3.77. The van der Waals surface area contributed by atoms with Crippen LogP contribution in [0.2, 0.25) is 0 Å². The minimum Gasteiger partial charge on any atom is -0.361 e. The second-order valence-corrected chi connectivity index (χ2v) is 7.16. The number of hydrogen-bond donors (Lipinski definition) is 2. The Morgan fingerprint density at radius 3 is 2.93 bits per heavy atom. The molecule has 0 bridgehead atoms. The number of hydrogen-bond acceptors (Lipinski definition) is 4. The van der Waals surface area contributed by atoms with Crippen molar-refractivity contribution in [1.29, 1.82) is 0 Å². The van der Waals surface area contributed by atoms with Crippen LogP contribution >= 0.6 is 0 Å². The number of fused-ring (bicyclic) bond motifs is 2. The Morgan fingerprint density at radius 1 is 1.10 bits per heavy atom. The van der Waals surface area contributed by atoms with Crippen LogP contribution in [0.3, 0.4) is 0 Å². The molecule has 0 fully saturated rings. The molecule has 0 aliphatic rings. The summed E-state index contributed by atoms with van der Waals surface area (Å²) in [7, 11) is 0. The normalized spacial score (nSPS) is 11.2. The fraction of sp³-hybridized carbons (Fsp3) is 0.130. The molecule has 7 heteroatoms. The molecule has 3 aromatic heterocycles. The number of benzene rings is 2. The van der Waals surface area contributed by atoms with Gasteiger partial charge in [-0.15, -0.1) is 5.10 Å². The largest absolute Gasteiger partial charge is 0.361 e. The molecule has 0 unspecified atom stereocenters. The Bertz CT molecular complexity index is 1370. The zero-order valence-electron chi connectivity index (χ0n) is 16.5. The van der Waals surface area contributed by atoms with Crippen LogP contribution in [-0.2, 0) is 6.42 Å². The van der Waals surface area contributed by atoms with Gasteiger partial charge in [-0.2, -0.15) is 4.68 Å². The van der Waals surface area contributed by atoms with Gasteiger partial charge in [0.1, 0.15) is 5.52 Å². The summed E-state index contributed by atoms with van der Waals surface area (Å²) in [6, 6.07) is 17.5. The smallest absolute Gasteiger partial charge is 0.251 e. The van der Waals surface area contributed by atoms with Gasteiger partial charge in [-0.1, -0.05) is 29.5 Å². The monoisotopic (exact) mass is 396 g/mol. The molecule has 0 radical (unpaired) electrons. The first-order valence-electron chi connectivity index (χ1n) is 9.82. The highest BCUT2D eigenvalue weighted by Gasteiger charge is 2.15. The van der Waals surface area contributed by atoms with Crippen LogP contribution in [0.4, 0.5) is 0 Å². The maximum absolute atomic E-state index is 12.9. The van der Waals surface area contributed by atoms with Gasteiger partial charge in [0.05, 0.1) is 5.69 Å². The lowest BCUT2D eigenvalue weighted by Crippen LogP contribution is -2.26. The van der Waals surface area contributed by atoms with E-state index in [1.54, 1.807) is 10.9 Å². The fourth-order valence-corrected chi connectivity index (χ4v) is 3.77. The average Bonchev–Trinajstić information content (AvgIpc) is 3.38. The number of carbonyl (C=O) groups is 1. The van der Waals surface area contributed by atoms with Crippen LogP contribution in [0.5, 0.6) is 0 Å². The number of aromatic nitrogens is 5. The summed E-state index contributed by atoms with van der Waals surface area (Å²) in [6.45, 7) is 2.47. The first kappa shape index (κ1) is 18.1. The van der Waals surface area contributed by atoms with Gasteiger partial charge in [0.15, 0.2) is 5.65 Å². The molecule has 0 spiro atoms. The predicted octanol–water partition coefficient (Wildman–Crippen LogP) is 3.58. The molecule has 0 saturated heterocycles. The molecule has 1 amide bonds. The molecule has 0 aliphatic heterocycles. The summed E-state index contributed by atoms with van der Waals surface area (Å²) in [5.41, 5.74) is 5.92. The van der Waals surface area contributed by atoms with Crippen LogP contribution < -0.4 is 5.32 Å². The van der Waals surface area contributed by atoms with Gasteiger partial charge < -0.3 is 10.3 Å². The van der Waals surface area contributed by atoms with Crippen LogP contribution in [0.1, 0.15) is 21.5 Å². The lowest BCUT2D eigenvalue weighted by atomic mass is 10.1. The van der Waals surface area contributed by atoms with Gasteiger partial charge in [0.2, 0.25) is 0 Å². The van der Waals surface area contributed by atoms with Gasteiger partial charge in [0.25, 0.3) is 5.91 Å². The second-order valence-electron chi connectivity index (χ2n) is 7.16. The molecule has 0 saturated carbocycles. The minimum absolute atomic E-state index is 0.105. The first-order chi connectivity index (χ1) is 14.7. The summed E-state index contributed by atoms with van der Waals surface area (Å²) in [5.74, 6) is -0.105. The number of H-pyrrole nitrogens is 1. The zero-order valence-corrected chi connectivity index (χ0v) is 16.5. The van der Waals surface area contributed by atoms with Crippen LogP contribution in [0.25, 0.3) is 27.8 Å². The molecular weight excluding hydrogens is 376 g/mol. The number of amides is 1. The molecule has 3 heterocycles. The Kier molecular flexibility index (Phi) is 4.48. The van der Waals surface area contributed by atoms with Crippen LogP contribution in [0, 0.1) is 6.92 Å². The first-order valence-corrected chi connectivity index (χ1v) is 9.82. The van der Waals surface area contributed by atoms with E-state index in [0.717, 1.165) is 23.2 Å². The van der Waals surface area contributed by atoms with E-state index in [-0.39, 0.29) is 5.91 Å². The van der Waals surface area contributed by atoms with E-state index in [1.165, 1.54) is 10.9 Å². The van der Waals surface area contributed by atoms with E-state index in [1.807, 2.05) is 55.6 Å². The lowest BCUT2D eigenvalue weighted by Gasteiger charge is -2.11. The molecule has 30 heavy (non-hydrogen) atoms. The highest BCUT2D eigenvalue weighted by Crippen LogP contribution is 2.21. The van der Waals surface area contributed by atoms with E-state index >= 15 is 0 Å². The van der Waals surface area contributed by atoms with E-state index < -0.39 is 0 Å². The number of para-hydroxylation sites is 1. The van der Waals surface area contributed by atoms with E-state index in [0.29, 0.717) is 23.3 Å². The molecular formula is C23H20N6O. The lowest BCUT2D eigenvalue weighted by molar-refractivity contribution is 0.0953. The van der Waals surface area contributed by atoms with Crippen molar-refractivity contribution in [2.24, 2.45) is 0 Å². The number of nitrogens with one attached hydrogen (secondary N) is 2. The van der Waals surface area contributed by atoms with Crippen molar-refractivity contribution in [1.82, 2.24) is 30.3 Å². The third kappa shape index (κ3) is 3.10. The third-order valence-electron chi connectivity index (χ3n) is 5.34. The Morgan fingerprint density at radius 2 is 2.00 bits per heavy atom. The molecule has 5 aromatic rings. The Balaban J connectivity index is 1.35. The molecule has 2 aromatic carbocycles. The van der Waals surface area contributed by atoms with Gasteiger partial charge in [-0.3, -0.25) is 4.79 Å². The average molecular weight is 396 g/mol. The number of rotatable bonds is 5. The minimum atomic E-state index is -0.105. The number of carbonyl (C=O) groups excluding carboxylic acids is 1. The molecule has 0 aliphatic carbocycles. The Labute approximate surface area is 172 Å². The van der Waals surface area contributed by atoms with Gasteiger partial charge in [0, 0.05) is 35.4 Å². The summed E-state index contributed by atoms with van der Waals surface area (Å²) in [6.07, 6.45) is 4.47. The van der Waals surface area contributed by atoms with Crippen molar-refractivity contribution in [2.75, 3.05) is 6.54 Å². The standard InChI is InChI=1S/C23H20N6O/c1-15-17(7-4-10-21(15)29-22-20(27-28-29)9-5-12-24-22)23(30)25-13-11-16-14-26-19-8-3-2-6-18(16)19/h2-10,12,14,26H,11,13H2,1H3,(H,25,30). The maximum Gasteiger partial charge on any atom is 0.251 e. The van der Waals surface area contributed by atoms with Crippen LogP contribution in [-0.4, -0.2) is 37.4 Å². The number of pyridine rings is 1. The zero-order chi connectivity index (χ0) is 20.5. The highest BCUT2D eigenvalue weighted by atomic mass is 16.1. The molecule has 7 nitrogen and oxygen atoms in total. The van der Waals surface area contributed by atoms with Crippen molar-refractivity contribution in [2.45, 2.75) is 13.3 Å². The Hall–Kier alpha value is -4.00. The number of nitrogens with zero attached hydrogens (tertiary/aromatic N) is 4. The highest BCUT2D eigenvalue weighted by molar-refractivity contribution is 5.96. The van der Waals surface area contributed by atoms with Crippen molar-refractivity contribution in [3.8, 4) is 5.69 Å². The SMILES string of the molecule is Cc1c(C(=O)NCCc2c[nH]c3ccccc23)cccc1-n1nnc2cccnc21. The summed E-state index contributed by atoms with van der Waals surface area (Å²) in [4.78, 5) is 20.5. The third-order valence-corrected chi connectivity index (χ3v) is 5.34. The van der Waals surface area contributed by atoms with E-state index in [9.17, 15) is 4.79 Å². The van der Waals surface area contributed by atoms with E-state index in [4.69, 9.17) is 0 Å². The number of aromatic amines is 1. The van der Waals surface area contributed by atoms with Gasteiger partial charge in [-0.05, 0) is 54.8 Å². The predicted molar refractivity (Wildman–Crippen MR) is 116 cm³/mol. The van der Waals surface area contributed by atoms with Crippen molar-refractivity contribution in [3.05, 3.63) is 83.7 Å².